The number of amides is 1. The Balaban J connectivity index is 2.10. The molecule has 0 unspecified atom stereocenters. The first-order valence-corrected chi connectivity index (χ1v) is 10.2. The highest BCUT2D eigenvalue weighted by Crippen LogP contribution is 2.44. The van der Waals surface area contributed by atoms with Crippen LogP contribution >= 0.6 is 23.2 Å². The number of pyridine rings is 1. The molecule has 168 valence electrons. The number of halogens is 2. The average molecular weight is 471 g/mol. The third-order valence-corrected chi connectivity index (χ3v) is 5.27. The number of aromatic nitrogens is 3. The second kappa shape index (κ2) is 9.19. The highest BCUT2D eigenvalue weighted by atomic mass is 35.5. The molecule has 0 aromatic carbocycles. The smallest absolute Gasteiger partial charge is 0.261 e. The van der Waals surface area contributed by atoms with Crippen molar-refractivity contribution in [3.63, 3.8) is 0 Å². The number of anilines is 3. The first kappa shape index (κ1) is 23.0. The molecule has 10 nitrogen and oxygen atoms in total. The lowest BCUT2D eigenvalue weighted by Crippen LogP contribution is -2.47. The van der Waals surface area contributed by atoms with E-state index in [2.05, 4.69) is 15.0 Å². The molecule has 1 amide bonds. The minimum atomic E-state index is -0.153. The van der Waals surface area contributed by atoms with Gasteiger partial charge in [-0.05, 0) is 5.92 Å². The molecule has 0 saturated heterocycles. The van der Waals surface area contributed by atoms with Crippen LogP contribution in [0.1, 0.15) is 19.5 Å². The van der Waals surface area contributed by atoms with Gasteiger partial charge in [0.25, 0.3) is 5.88 Å². The van der Waals surface area contributed by atoms with Crippen LogP contribution in [0.3, 0.4) is 0 Å². The lowest BCUT2D eigenvalue weighted by atomic mass is 10.1. The molecule has 0 spiro atoms. The lowest BCUT2D eigenvalue weighted by molar-refractivity contribution is -0.117. The van der Waals surface area contributed by atoms with E-state index in [-0.39, 0.29) is 58.4 Å². The first-order chi connectivity index (χ1) is 14.7. The Morgan fingerprint density at radius 3 is 2.32 bits per heavy atom. The first-order valence-electron chi connectivity index (χ1n) is 9.44. The largest absolute Gasteiger partial charge is 0.491 e. The zero-order valence-electron chi connectivity index (χ0n) is 17.9. The third-order valence-electron chi connectivity index (χ3n) is 4.62. The number of hydrogen-bond donors (Lipinski definition) is 1. The van der Waals surface area contributed by atoms with Crippen LogP contribution in [0.4, 0.5) is 17.5 Å². The second-order valence-corrected chi connectivity index (χ2v) is 7.98. The minimum absolute atomic E-state index is 0.00320. The van der Waals surface area contributed by atoms with Gasteiger partial charge in [-0.1, -0.05) is 37.0 Å². The summed E-state index contributed by atoms with van der Waals surface area (Å²) < 4.78 is 16.0. The molecule has 2 aromatic rings. The average Bonchev–Trinajstić information content (AvgIpc) is 2.71. The molecule has 12 heteroatoms. The number of hydrogen-bond acceptors (Lipinski definition) is 9. The quantitative estimate of drug-likeness (QED) is 0.609. The summed E-state index contributed by atoms with van der Waals surface area (Å²) >= 11 is 12.9. The predicted molar refractivity (Wildman–Crippen MR) is 119 cm³/mol. The van der Waals surface area contributed by atoms with Crippen molar-refractivity contribution in [2.45, 2.75) is 20.4 Å². The summed E-state index contributed by atoms with van der Waals surface area (Å²) in [6.45, 7) is 4.63. The number of fused-ring (bicyclic) bond motifs is 1. The van der Waals surface area contributed by atoms with Crippen molar-refractivity contribution in [2.24, 2.45) is 5.92 Å². The summed E-state index contributed by atoms with van der Waals surface area (Å²) in [5.74, 6) is 1.22. The maximum absolute atomic E-state index is 13.0. The van der Waals surface area contributed by atoms with Gasteiger partial charge < -0.3 is 29.7 Å². The molecule has 1 aliphatic rings. The predicted octanol–water partition coefficient (Wildman–Crippen LogP) is 2.80. The highest BCUT2D eigenvalue weighted by Gasteiger charge is 2.35. The number of nitrogen functional groups attached to an aromatic ring is 1. The van der Waals surface area contributed by atoms with Gasteiger partial charge in [-0.15, -0.1) is 0 Å². The highest BCUT2D eigenvalue weighted by molar-refractivity contribution is 6.34. The van der Waals surface area contributed by atoms with E-state index < -0.39 is 0 Å². The molecular weight excluding hydrogens is 447 g/mol. The minimum Gasteiger partial charge on any atom is -0.491 e. The Morgan fingerprint density at radius 2 is 1.74 bits per heavy atom. The van der Waals surface area contributed by atoms with E-state index in [1.165, 1.54) is 21.3 Å². The summed E-state index contributed by atoms with van der Waals surface area (Å²) in [4.78, 5) is 29.1. The lowest BCUT2D eigenvalue weighted by Gasteiger charge is -2.37. The normalized spacial score (nSPS) is 13.5. The molecule has 3 heterocycles. The molecule has 0 atom stereocenters. The van der Waals surface area contributed by atoms with Crippen LogP contribution in [0.2, 0.25) is 10.2 Å². The van der Waals surface area contributed by atoms with Crippen LogP contribution in [0, 0.1) is 5.92 Å². The monoisotopic (exact) mass is 470 g/mol. The van der Waals surface area contributed by atoms with Crippen molar-refractivity contribution in [1.29, 1.82) is 0 Å². The molecule has 0 bridgehead atoms. The van der Waals surface area contributed by atoms with E-state index in [0.29, 0.717) is 23.7 Å². The van der Waals surface area contributed by atoms with Gasteiger partial charge in [0.2, 0.25) is 17.6 Å². The molecule has 3 rings (SSSR count). The van der Waals surface area contributed by atoms with Gasteiger partial charge in [-0.25, -0.2) is 4.98 Å². The molecule has 0 saturated carbocycles. The molecule has 0 aliphatic carbocycles. The van der Waals surface area contributed by atoms with Crippen molar-refractivity contribution in [3.8, 4) is 17.4 Å². The maximum Gasteiger partial charge on any atom is 0.261 e. The summed E-state index contributed by atoms with van der Waals surface area (Å²) in [5, 5.41) is 0.331. The fraction of sp³-hybridized carbons (Fsp3) is 0.474. The molecule has 2 aromatic heterocycles. The van der Waals surface area contributed by atoms with Gasteiger partial charge in [-0.2, -0.15) is 9.97 Å². The standard InChI is InChI=1S/C19H24Cl2N6O4/c1-9(2)6-27-11(28)8-26(17-13(27)16(21)24-19(22)25-17)7-10-12(20)14(29-3)15(30-4)18(23-10)31-5/h9H,6-8H2,1-5H3,(H2,22,24,25). The van der Waals surface area contributed by atoms with E-state index in [1.54, 1.807) is 9.80 Å². The number of ether oxygens (including phenoxy) is 3. The van der Waals surface area contributed by atoms with Crippen molar-refractivity contribution in [2.75, 3.05) is 50.0 Å². The van der Waals surface area contributed by atoms with Crippen molar-refractivity contribution in [3.05, 3.63) is 15.9 Å². The van der Waals surface area contributed by atoms with E-state index in [9.17, 15) is 4.79 Å². The zero-order valence-corrected chi connectivity index (χ0v) is 19.4. The van der Waals surface area contributed by atoms with Gasteiger partial charge in [0.05, 0.1) is 40.1 Å². The van der Waals surface area contributed by atoms with Crippen molar-refractivity contribution >= 4 is 46.6 Å². The molecular formula is C19H24Cl2N6O4. The fourth-order valence-electron chi connectivity index (χ4n) is 3.36. The third kappa shape index (κ3) is 4.35. The second-order valence-electron chi connectivity index (χ2n) is 7.25. The molecule has 0 radical (unpaired) electrons. The maximum atomic E-state index is 13.0. The van der Waals surface area contributed by atoms with Gasteiger partial charge >= 0.3 is 0 Å². The Morgan fingerprint density at radius 1 is 1.06 bits per heavy atom. The summed E-state index contributed by atoms with van der Waals surface area (Å²) in [5.41, 5.74) is 6.65. The van der Waals surface area contributed by atoms with Crippen molar-refractivity contribution in [1.82, 2.24) is 15.0 Å². The zero-order chi connectivity index (χ0) is 22.9. The number of methoxy groups -OCH3 is 3. The van der Waals surface area contributed by atoms with Crippen molar-refractivity contribution < 1.29 is 19.0 Å². The van der Waals surface area contributed by atoms with Gasteiger partial charge in [0.1, 0.15) is 10.7 Å². The number of rotatable bonds is 7. The summed E-state index contributed by atoms with van der Waals surface area (Å²) in [7, 11) is 4.38. The number of nitrogens with zero attached hydrogens (tertiary/aromatic N) is 5. The molecule has 1 aliphatic heterocycles. The van der Waals surface area contributed by atoms with Crippen LogP contribution in [0.5, 0.6) is 17.4 Å². The van der Waals surface area contributed by atoms with Crippen LogP contribution in [0.25, 0.3) is 0 Å². The van der Waals surface area contributed by atoms with Crippen LogP contribution in [-0.2, 0) is 11.3 Å². The Hall–Kier alpha value is -2.72. The fourth-order valence-corrected chi connectivity index (χ4v) is 3.90. The molecule has 2 N–H and O–H groups in total. The van der Waals surface area contributed by atoms with Crippen LogP contribution < -0.4 is 29.7 Å². The van der Waals surface area contributed by atoms with Crippen LogP contribution in [0.15, 0.2) is 0 Å². The van der Waals surface area contributed by atoms with Gasteiger partial charge in [-0.3, -0.25) is 4.79 Å². The number of nitrogens with two attached hydrogens (primary N) is 1. The topological polar surface area (TPSA) is 116 Å². The summed E-state index contributed by atoms with van der Waals surface area (Å²) in [6.07, 6.45) is 0. The summed E-state index contributed by atoms with van der Waals surface area (Å²) in [6, 6.07) is 0. The molecule has 0 fully saturated rings. The van der Waals surface area contributed by atoms with E-state index in [1.807, 2.05) is 13.8 Å². The van der Waals surface area contributed by atoms with E-state index in [0.717, 1.165) is 0 Å². The van der Waals surface area contributed by atoms with Gasteiger partial charge in [0, 0.05) is 6.54 Å². The van der Waals surface area contributed by atoms with E-state index in [4.69, 9.17) is 43.1 Å². The number of carbonyl (C=O) groups is 1. The van der Waals surface area contributed by atoms with Crippen LogP contribution in [-0.4, -0.2) is 55.3 Å². The Kier molecular flexibility index (Phi) is 6.80. The Labute approximate surface area is 190 Å². The molecule has 31 heavy (non-hydrogen) atoms. The van der Waals surface area contributed by atoms with E-state index >= 15 is 0 Å². The van der Waals surface area contributed by atoms with Gasteiger partial charge in [0.15, 0.2) is 16.7 Å². The Bertz CT molecular complexity index is 1000. The number of carbonyl (C=O) groups excluding carboxylic acids is 1. The SMILES string of the molecule is COc1nc(CN2CC(=O)N(CC(C)C)c3c(Cl)nc(N)nc32)c(Cl)c(OC)c1OC.